The minimum Gasteiger partial charge on any atom is -0.480 e. The molecule has 0 radical (unpaired) electrons. The average Bonchev–Trinajstić information content (AvgIpc) is 3.51. The van der Waals surface area contributed by atoms with E-state index in [0.717, 1.165) is 22.9 Å². The third-order valence-corrected chi connectivity index (χ3v) is 7.51. The van der Waals surface area contributed by atoms with Crippen LogP contribution < -0.4 is 10.1 Å². The lowest BCUT2D eigenvalue weighted by Gasteiger charge is -2.31. The van der Waals surface area contributed by atoms with E-state index in [9.17, 15) is 24.3 Å². The van der Waals surface area contributed by atoms with E-state index in [4.69, 9.17) is 4.74 Å². The summed E-state index contributed by atoms with van der Waals surface area (Å²) in [5.41, 5.74) is 0.570. The summed E-state index contributed by atoms with van der Waals surface area (Å²) in [6, 6.07) is 13.5. The Morgan fingerprint density at radius 2 is 1.81 bits per heavy atom. The smallest absolute Gasteiger partial charge is 0.325 e. The van der Waals surface area contributed by atoms with Gasteiger partial charge in [-0.1, -0.05) is 43.7 Å². The van der Waals surface area contributed by atoms with Gasteiger partial charge in [0.15, 0.2) is 0 Å². The van der Waals surface area contributed by atoms with E-state index in [-0.39, 0.29) is 18.9 Å². The molecule has 37 heavy (non-hydrogen) atoms. The zero-order valence-corrected chi connectivity index (χ0v) is 20.7. The van der Waals surface area contributed by atoms with Gasteiger partial charge in [-0.2, -0.15) is 0 Å². The van der Waals surface area contributed by atoms with Crippen molar-refractivity contribution in [3.63, 3.8) is 0 Å². The van der Waals surface area contributed by atoms with Crippen LogP contribution in [0.2, 0.25) is 0 Å². The topological polar surface area (TPSA) is 129 Å². The fraction of sp³-hybridized carbons (Fsp3) is 0.357. The molecule has 9 nitrogen and oxygen atoms in total. The van der Waals surface area contributed by atoms with Crippen molar-refractivity contribution in [2.45, 2.75) is 44.7 Å². The zero-order valence-electron chi connectivity index (χ0n) is 20.7. The van der Waals surface area contributed by atoms with Crippen LogP contribution in [-0.4, -0.2) is 50.8 Å². The number of carbonyl (C=O) groups is 4. The van der Waals surface area contributed by atoms with E-state index >= 15 is 0 Å². The van der Waals surface area contributed by atoms with E-state index in [1.165, 1.54) is 11.8 Å². The molecule has 2 fully saturated rings. The van der Waals surface area contributed by atoms with Crippen LogP contribution in [0.1, 0.15) is 43.9 Å². The molecule has 3 aromatic rings. The van der Waals surface area contributed by atoms with Gasteiger partial charge in [-0.15, -0.1) is 0 Å². The molecule has 4 unspecified atom stereocenters. The van der Waals surface area contributed by atoms with E-state index < -0.39 is 41.3 Å². The number of amides is 2. The molecule has 0 saturated carbocycles. The lowest BCUT2D eigenvalue weighted by molar-refractivity contribution is -0.151. The van der Waals surface area contributed by atoms with Crippen molar-refractivity contribution < 1.29 is 29.0 Å². The van der Waals surface area contributed by atoms with Crippen LogP contribution >= 0.6 is 0 Å². The molecular weight excluding hydrogens is 474 g/mol. The van der Waals surface area contributed by atoms with Crippen LogP contribution in [-0.2, 0) is 25.6 Å². The first-order valence-electron chi connectivity index (χ1n) is 12.5. The van der Waals surface area contributed by atoms with Crippen molar-refractivity contribution in [1.82, 2.24) is 15.2 Å². The van der Waals surface area contributed by atoms with Crippen molar-refractivity contribution in [1.29, 1.82) is 0 Å². The fourth-order valence-corrected chi connectivity index (χ4v) is 5.81. The van der Waals surface area contributed by atoms with Crippen LogP contribution in [0.3, 0.4) is 0 Å². The van der Waals surface area contributed by atoms with Gasteiger partial charge in [-0.05, 0) is 35.7 Å². The number of imide groups is 1. The SMILES string of the molecule is CCCCN1C(=O)C2C(c3ccc(OC(C)=O)cc3)NC(Cc3c[nH]c4ccccc34)(C(=O)O)C2C1=O. The molecule has 2 aliphatic rings. The van der Waals surface area contributed by atoms with Gasteiger partial charge < -0.3 is 14.8 Å². The molecule has 0 bridgehead atoms. The molecule has 9 heteroatoms. The molecule has 2 aliphatic heterocycles. The number of esters is 1. The zero-order chi connectivity index (χ0) is 26.3. The molecule has 1 aromatic heterocycles. The Labute approximate surface area is 213 Å². The second-order valence-corrected chi connectivity index (χ2v) is 9.78. The van der Waals surface area contributed by atoms with Gasteiger partial charge in [0.1, 0.15) is 11.3 Å². The van der Waals surface area contributed by atoms with Gasteiger partial charge in [0, 0.05) is 43.0 Å². The molecule has 5 rings (SSSR count). The number of rotatable bonds is 8. The summed E-state index contributed by atoms with van der Waals surface area (Å²) in [6.07, 6.45) is 3.24. The highest BCUT2D eigenvalue weighted by Crippen LogP contribution is 2.50. The molecule has 192 valence electrons. The van der Waals surface area contributed by atoms with Gasteiger partial charge in [-0.3, -0.25) is 29.4 Å². The largest absolute Gasteiger partial charge is 0.480 e. The number of aromatic amines is 1. The van der Waals surface area contributed by atoms with Gasteiger partial charge in [-0.25, -0.2) is 0 Å². The summed E-state index contributed by atoms with van der Waals surface area (Å²) >= 11 is 0. The molecule has 0 spiro atoms. The summed E-state index contributed by atoms with van der Waals surface area (Å²) in [6.45, 7) is 3.54. The molecule has 2 saturated heterocycles. The average molecular weight is 504 g/mol. The third kappa shape index (κ3) is 4.09. The first kappa shape index (κ1) is 24.7. The number of H-pyrrole nitrogens is 1. The highest BCUT2D eigenvalue weighted by molar-refractivity contribution is 6.09. The van der Waals surface area contributed by atoms with E-state index in [1.54, 1.807) is 30.5 Å². The number of likely N-dealkylation sites (tertiary alicyclic amines) is 1. The molecule has 2 aromatic carbocycles. The van der Waals surface area contributed by atoms with Crippen molar-refractivity contribution in [2.75, 3.05) is 6.54 Å². The summed E-state index contributed by atoms with van der Waals surface area (Å²) in [5, 5.41) is 14.7. The number of nitrogens with zero attached hydrogens (tertiary/aromatic N) is 1. The maximum Gasteiger partial charge on any atom is 0.325 e. The normalized spacial score (nSPS) is 25.0. The quantitative estimate of drug-likeness (QED) is 0.245. The highest BCUT2D eigenvalue weighted by Gasteiger charge is 2.68. The van der Waals surface area contributed by atoms with Gasteiger partial charge in [0.2, 0.25) is 11.8 Å². The number of unbranched alkanes of at least 4 members (excludes halogenated alkanes) is 1. The van der Waals surface area contributed by atoms with Crippen LogP contribution in [0.4, 0.5) is 0 Å². The number of carboxylic acids is 1. The van der Waals surface area contributed by atoms with Crippen molar-refractivity contribution in [3.05, 3.63) is 65.9 Å². The number of carbonyl (C=O) groups excluding carboxylic acids is 3. The summed E-state index contributed by atoms with van der Waals surface area (Å²) in [7, 11) is 0. The third-order valence-electron chi connectivity index (χ3n) is 7.51. The number of carboxylic acid groups (broad SMARTS) is 1. The number of hydrogen-bond acceptors (Lipinski definition) is 6. The number of ether oxygens (including phenoxy) is 1. The van der Waals surface area contributed by atoms with Gasteiger partial charge >= 0.3 is 11.9 Å². The van der Waals surface area contributed by atoms with E-state index in [0.29, 0.717) is 17.7 Å². The molecule has 2 amide bonds. The molecule has 0 aliphatic carbocycles. The standard InChI is InChI=1S/C28H29N3O6/c1-3-4-13-31-25(33)22-23(26(31)34)28(27(35)36,14-18-15-29-21-8-6-5-7-20(18)21)30-24(22)17-9-11-19(12-10-17)37-16(2)32/h5-12,15,22-24,29-30H,3-4,13-14H2,1-2H3,(H,35,36). The van der Waals surface area contributed by atoms with Crippen LogP contribution in [0.15, 0.2) is 54.7 Å². The lowest BCUT2D eigenvalue weighted by atomic mass is 9.76. The number of benzene rings is 2. The summed E-state index contributed by atoms with van der Waals surface area (Å²) < 4.78 is 5.12. The van der Waals surface area contributed by atoms with Crippen LogP contribution in [0.25, 0.3) is 10.9 Å². The fourth-order valence-electron chi connectivity index (χ4n) is 5.81. The lowest BCUT2D eigenvalue weighted by Crippen LogP contribution is -2.57. The Morgan fingerprint density at radius 3 is 2.49 bits per heavy atom. The predicted molar refractivity (Wildman–Crippen MR) is 135 cm³/mol. The number of aliphatic carboxylic acids is 1. The molecule has 3 heterocycles. The summed E-state index contributed by atoms with van der Waals surface area (Å²) in [4.78, 5) is 56.1. The predicted octanol–water partition coefficient (Wildman–Crippen LogP) is 3.20. The second-order valence-electron chi connectivity index (χ2n) is 9.78. The van der Waals surface area contributed by atoms with E-state index in [1.807, 2.05) is 31.2 Å². The molecular formula is C28H29N3O6. The van der Waals surface area contributed by atoms with Crippen LogP contribution in [0, 0.1) is 11.8 Å². The number of nitrogens with one attached hydrogen (secondary N) is 2. The van der Waals surface area contributed by atoms with Crippen molar-refractivity contribution in [3.8, 4) is 5.75 Å². The second kappa shape index (κ2) is 9.48. The maximum atomic E-state index is 13.7. The number of fused-ring (bicyclic) bond motifs is 2. The molecule has 3 N–H and O–H groups in total. The Balaban J connectivity index is 1.59. The number of hydrogen-bond donors (Lipinski definition) is 3. The Kier molecular flexibility index (Phi) is 6.33. The van der Waals surface area contributed by atoms with Gasteiger partial charge in [0.05, 0.1) is 11.8 Å². The first-order chi connectivity index (χ1) is 17.8. The van der Waals surface area contributed by atoms with Gasteiger partial charge in [0.25, 0.3) is 0 Å². The minimum atomic E-state index is -1.69. The monoisotopic (exact) mass is 503 g/mol. The molecule has 4 atom stereocenters. The maximum absolute atomic E-state index is 13.7. The first-order valence-corrected chi connectivity index (χ1v) is 12.5. The van der Waals surface area contributed by atoms with Crippen molar-refractivity contribution in [2.24, 2.45) is 11.8 Å². The number of aromatic nitrogens is 1. The Morgan fingerprint density at radius 1 is 1.08 bits per heavy atom. The van der Waals surface area contributed by atoms with Crippen molar-refractivity contribution >= 4 is 34.7 Å². The summed E-state index contributed by atoms with van der Waals surface area (Å²) in [5.74, 6) is -4.04. The van der Waals surface area contributed by atoms with Crippen LogP contribution in [0.5, 0.6) is 5.75 Å². The number of para-hydroxylation sites is 1. The highest BCUT2D eigenvalue weighted by atomic mass is 16.5. The Bertz CT molecular complexity index is 1380. The minimum absolute atomic E-state index is 0.0240. The van der Waals surface area contributed by atoms with E-state index in [2.05, 4.69) is 10.3 Å². The Hall–Kier alpha value is -3.98.